The van der Waals surface area contributed by atoms with Crippen LogP contribution in [0.3, 0.4) is 0 Å². The summed E-state index contributed by atoms with van der Waals surface area (Å²) >= 11 is 0. The van der Waals surface area contributed by atoms with Crippen LogP contribution in [-0.2, 0) is 34.8 Å². The van der Waals surface area contributed by atoms with Crippen molar-refractivity contribution in [3.05, 3.63) is 17.0 Å². The minimum atomic E-state index is -3.27. The summed E-state index contributed by atoms with van der Waals surface area (Å²) in [6.07, 6.45) is 1.67. The normalized spacial score (nSPS) is 16.2. The second kappa shape index (κ2) is 4.93. The molecule has 2 rings (SSSR count). The lowest BCUT2D eigenvalue weighted by atomic mass is 10.1. The largest absolute Gasteiger partial charge is 0.461 e. The SMILES string of the molecule is CCOC(=O)c1c2c(nn1C)CCN(S(C)(=O)=O)C2. The van der Waals surface area contributed by atoms with Crippen molar-refractivity contribution in [2.24, 2.45) is 7.05 Å². The molecule has 0 amide bonds. The maximum atomic E-state index is 11.9. The molecule has 0 bridgehead atoms. The fourth-order valence-electron chi connectivity index (χ4n) is 2.21. The summed E-state index contributed by atoms with van der Waals surface area (Å²) in [6.45, 7) is 2.57. The number of aryl methyl sites for hydroxylation is 1. The van der Waals surface area contributed by atoms with Gasteiger partial charge in [0.05, 0.1) is 18.6 Å². The molecule has 0 atom stereocenters. The van der Waals surface area contributed by atoms with Crippen LogP contribution in [0.4, 0.5) is 0 Å². The lowest BCUT2D eigenvalue weighted by molar-refractivity contribution is 0.0511. The van der Waals surface area contributed by atoms with E-state index in [1.165, 1.54) is 15.2 Å². The Kier molecular flexibility index (Phi) is 3.64. The van der Waals surface area contributed by atoms with Gasteiger partial charge in [-0.2, -0.15) is 9.40 Å². The third kappa shape index (κ3) is 2.64. The molecule has 1 aromatic heterocycles. The van der Waals surface area contributed by atoms with E-state index < -0.39 is 16.0 Å². The van der Waals surface area contributed by atoms with Crippen LogP contribution in [-0.4, -0.2) is 47.9 Å². The van der Waals surface area contributed by atoms with Gasteiger partial charge in [-0.3, -0.25) is 4.68 Å². The van der Waals surface area contributed by atoms with Crippen LogP contribution < -0.4 is 0 Å². The molecule has 0 spiro atoms. The smallest absolute Gasteiger partial charge is 0.356 e. The van der Waals surface area contributed by atoms with Crippen molar-refractivity contribution < 1.29 is 17.9 Å². The number of esters is 1. The molecule has 0 saturated heterocycles. The fourth-order valence-corrected chi connectivity index (χ4v) is 3.00. The Hall–Kier alpha value is -1.41. The first-order valence-electron chi connectivity index (χ1n) is 6.01. The van der Waals surface area contributed by atoms with Crippen molar-refractivity contribution in [3.63, 3.8) is 0 Å². The van der Waals surface area contributed by atoms with Gasteiger partial charge in [0.2, 0.25) is 10.0 Å². The maximum Gasteiger partial charge on any atom is 0.356 e. The molecule has 1 aliphatic heterocycles. The lowest BCUT2D eigenvalue weighted by Crippen LogP contribution is -2.35. The minimum Gasteiger partial charge on any atom is -0.461 e. The molecule has 0 unspecified atom stereocenters. The molecule has 2 heterocycles. The predicted octanol–water partition coefficient (Wildman–Crippen LogP) is -0.0855. The summed E-state index contributed by atoms with van der Waals surface area (Å²) in [5.41, 5.74) is 1.76. The van der Waals surface area contributed by atoms with E-state index in [1.807, 2.05) is 0 Å². The highest BCUT2D eigenvalue weighted by Crippen LogP contribution is 2.23. The van der Waals surface area contributed by atoms with Gasteiger partial charge in [-0.15, -0.1) is 0 Å². The van der Waals surface area contributed by atoms with Crippen LogP contribution in [0.15, 0.2) is 0 Å². The number of aromatic nitrogens is 2. The summed E-state index contributed by atoms with van der Waals surface area (Å²) in [7, 11) is -1.61. The van der Waals surface area contributed by atoms with Crippen LogP contribution in [0.25, 0.3) is 0 Å². The predicted molar refractivity (Wildman–Crippen MR) is 68.1 cm³/mol. The van der Waals surface area contributed by atoms with Gasteiger partial charge < -0.3 is 4.74 Å². The summed E-state index contributed by atoms with van der Waals surface area (Å²) in [5.74, 6) is -0.464. The number of ether oxygens (including phenoxy) is 1. The Morgan fingerprint density at radius 3 is 2.74 bits per heavy atom. The molecule has 19 heavy (non-hydrogen) atoms. The number of carbonyl (C=O) groups excluding carboxylic acids is 1. The first-order valence-corrected chi connectivity index (χ1v) is 7.86. The Labute approximate surface area is 112 Å². The molecule has 1 aromatic rings. The van der Waals surface area contributed by atoms with E-state index in [0.717, 1.165) is 5.69 Å². The van der Waals surface area contributed by atoms with E-state index in [9.17, 15) is 13.2 Å². The maximum absolute atomic E-state index is 11.9. The number of sulfonamides is 1. The summed E-state index contributed by atoms with van der Waals surface area (Å²) < 4.78 is 31.0. The van der Waals surface area contributed by atoms with Crippen LogP contribution in [0.5, 0.6) is 0 Å². The van der Waals surface area contributed by atoms with Gasteiger partial charge in [0.15, 0.2) is 5.69 Å². The number of hydrogen-bond acceptors (Lipinski definition) is 5. The average Bonchev–Trinajstić information content (AvgIpc) is 2.62. The molecule has 106 valence electrons. The van der Waals surface area contributed by atoms with E-state index in [0.29, 0.717) is 24.2 Å². The van der Waals surface area contributed by atoms with Crippen molar-refractivity contribution >= 4 is 16.0 Å². The standard InChI is InChI=1S/C11H17N3O4S/c1-4-18-11(15)10-8-7-14(19(3,16)17)6-5-9(8)12-13(10)2/h4-7H2,1-3H3. The molecule has 8 heteroatoms. The summed E-state index contributed by atoms with van der Waals surface area (Å²) in [6, 6.07) is 0. The molecule has 0 aromatic carbocycles. The third-order valence-corrected chi connectivity index (χ3v) is 4.35. The zero-order chi connectivity index (χ0) is 14.2. The molecule has 7 nitrogen and oxygen atoms in total. The number of hydrogen-bond donors (Lipinski definition) is 0. The molecule has 0 aliphatic carbocycles. The zero-order valence-corrected chi connectivity index (χ0v) is 12.0. The highest BCUT2D eigenvalue weighted by molar-refractivity contribution is 7.88. The number of nitrogens with zero attached hydrogens (tertiary/aromatic N) is 3. The quantitative estimate of drug-likeness (QED) is 0.726. The molecule has 0 N–H and O–H groups in total. The van der Waals surface area contributed by atoms with Gasteiger partial charge in [-0.05, 0) is 6.92 Å². The van der Waals surface area contributed by atoms with E-state index in [-0.39, 0.29) is 13.2 Å². The monoisotopic (exact) mass is 287 g/mol. The molecular weight excluding hydrogens is 270 g/mol. The molecule has 0 fully saturated rings. The van der Waals surface area contributed by atoms with Gasteiger partial charge in [0, 0.05) is 32.1 Å². The number of rotatable bonds is 3. The van der Waals surface area contributed by atoms with Crippen molar-refractivity contribution in [1.29, 1.82) is 0 Å². The van der Waals surface area contributed by atoms with Crippen LogP contribution in [0.1, 0.15) is 28.7 Å². The Morgan fingerprint density at radius 1 is 1.47 bits per heavy atom. The summed E-state index contributed by atoms with van der Waals surface area (Å²) in [4.78, 5) is 11.9. The van der Waals surface area contributed by atoms with Crippen molar-refractivity contribution in [3.8, 4) is 0 Å². The van der Waals surface area contributed by atoms with Crippen molar-refractivity contribution in [1.82, 2.24) is 14.1 Å². The summed E-state index contributed by atoms with van der Waals surface area (Å²) in [5, 5.41) is 4.27. The number of fused-ring (bicyclic) bond motifs is 1. The first kappa shape index (κ1) is 14.0. The number of carbonyl (C=O) groups is 1. The van der Waals surface area contributed by atoms with E-state index in [4.69, 9.17) is 4.74 Å². The van der Waals surface area contributed by atoms with Gasteiger partial charge in [-0.1, -0.05) is 0 Å². The Bertz CT molecular complexity index is 606. The minimum absolute atomic E-state index is 0.177. The molecular formula is C11H17N3O4S. The highest BCUT2D eigenvalue weighted by Gasteiger charge is 2.31. The average molecular weight is 287 g/mol. The van der Waals surface area contributed by atoms with Crippen LogP contribution in [0, 0.1) is 0 Å². The van der Waals surface area contributed by atoms with E-state index in [2.05, 4.69) is 5.10 Å². The van der Waals surface area contributed by atoms with E-state index >= 15 is 0 Å². The fraction of sp³-hybridized carbons (Fsp3) is 0.636. The van der Waals surface area contributed by atoms with Gasteiger partial charge in [0.25, 0.3) is 0 Å². The first-order chi connectivity index (χ1) is 8.84. The highest BCUT2D eigenvalue weighted by atomic mass is 32.2. The van der Waals surface area contributed by atoms with Crippen molar-refractivity contribution in [2.75, 3.05) is 19.4 Å². The lowest BCUT2D eigenvalue weighted by Gasteiger charge is -2.24. The van der Waals surface area contributed by atoms with Crippen molar-refractivity contribution in [2.45, 2.75) is 19.9 Å². The van der Waals surface area contributed by atoms with Crippen LogP contribution >= 0.6 is 0 Å². The molecule has 0 saturated carbocycles. The van der Waals surface area contributed by atoms with Gasteiger partial charge >= 0.3 is 5.97 Å². The van der Waals surface area contributed by atoms with Crippen LogP contribution in [0.2, 0.25) is 0 Å². The third-order valence-electron chi connectivity index (χ3n) is 3.10. The zero-order valence-electron chi connectivity index (χ0n) is 11.2. The Morgan fingerprint density at radius 2 is 2.16 bits per heavy atom. The van der Waals surface area contributed by atoms with Gasteiger partial charge in [-0.25, -0.2) is 13.2 Å². The second-order valence-electron chi connectivity index (χ2n) is 4.46. The Balaban J connectivity index is 2.40. The molecule has 0 radical (unpaired) electrons. The molecule has 1 aliphatic rings. The second-order valence-corrected chi connectivity index (χ2v) is 6.45. The van der Waals surface area contributed by atoms with Gasteiger partial charge in [0.1, 0.15) is 0 Å². The van der Waals surface area contributed by atoms with E-state index in [1.54, 1.807) is 14.0 Å². The topological polar surface area (TPSA) is 81.5 Å².